The van der Waals surface area contributed by atoms with E-state index in [0.717, 1.165) is 12.8 Å². The van der Waals surface area contributed by atoms with E-state index in [0.29, 0.717) is 12.8 Å². The number of carboxylic acid groups (broad SMARTS) is 1. The average molecular weight is 417 g/mol. The molecule has 1 fully saturated rings. The Morgan fingerprint density at radius 1 is 1.19 bits per heavy atom. The number of alkyl carbamates (subject to hydrolysis) is 1. The molecular formula is C15H24NNaO9S. The molecule has 10 nitrogen and oxygen atoms in total. The fourth-order valence-electron chi connectivity index (χ4n) is 3.05. The van der Waals surface area contributed by atoms with Gasteiger partial charge in [0.2, 0.25) is 6.29 Å². The summed E-state index contributed by atoms with van der Waals surface area (Å²) in [5.74, 6) is -2.22. The second-order valence-electron chi connectivity index (χ2n) is 6.46. The maximum absolute atomic E-state index is 12.0. The van der Waals surface area contributed by atoms with Crippen LogP contribution in [0.25, 0.3) is 0 Å². The van der Waals surface area contributed by atoms with Crippen molar-refractivity contribution >= 4 is 28.1 Å². The summed E-state index contributed by atoms with van der Waals surface area (Å²) in [5.41, 5.74) is -0.616. The molecule has 12 heteroatoms. The van der Waals surface area contributed by atoms with Gasteiger partial charge in [0.15, 0.2) is 0 Å². The molecule has 0 aromatic carbocycles. The number of rotatable bonds is 10. The molecule has 2 N–H and O–H groups in total. The van der Waals surface area contributed by atoms with Crippen LogP contribution in [0.2, 0.25) is 0 Å². The fourth-order valence-corrected chi connectivity index (χ4v) is 3.55. The standard InChI is InChI=1S/C15H25NO9S.Na/c1-11(25-14(20)16-7-4-8-26(21,22)23)24-13(19)10-15(9-12(17)18)5-2-3-6-15;/h11H,2-10H2,1H3,(H,16,20)(H,17,18)(H,21,22,23);/q;+1/p-1. The predicted octanol–water partition coefficient (Wildman–Crippen LogP) is -2.03. The van der Waals surface area contributed by atoms with E-state index >= 15 is 0 Å². The quantitative estimate of drug-likeness (QED) is 0.134. The average Bonchev–Trinajstić information content (AvgIpc) is 2.89. The van der Waals surface area contributed by atoms with E-state index in [2.05, 4.69) is 5.32 Å². The monoisotopic (exact) mass is 417 g/mol. The van der Waals surface area contributed by atoms with E-state index < -0.39 is 45.6 Å². The summed E-state index contributed by atoms with van der Waals surface area (Å²) in [6.45, 7) is 1.25. The molecule has 0 spiro atoms. The summed E-state index contributed by atoms with van der Waals surface area (Å²) in [6.07, 6.45) is 0.633. The number of nitrogens with one attached hydrogen (secondary N) is 1. The van der Waals surface area contributed by atoms with Gasteiger partial charge in [-0.15, -0.1) is 0 Å². The first-order valence-corrected chi connectivity index (χ1v) is 9.88. The van der Waals surface area contributed by atoms with Crippen molar-refractivity contribution < 1.29 is 71.5 Å². The molecule has 0 bridgehead atoms. The molecular weight excluding hydrogens is 393 g/mol. The number of carbonyl (C=O) groups is 3. The first-order valence-electron chi connectivity index (χ1n) is 8.31. The van der Waals surface area contributed by atoms with Gasteiger partial charge in [-0.25, -0.2) is 13.2 Å². The van der Waals surface area contributed by atoms with Crippen LogP contribution in [0, 0.1) is 5.41 Å². The molecule has 0 aromatic rings. The molecule has 0 radical (unpaired) electrons. The summed E-state index contributed by atoms with van der Waals surface area (Å²) < 4.78 is 41.0. The number of hydrogen-bond acceptors (Lipinski definition) is 8. The summed E-state index contributed by atoms with van der Waals surface area (Å²) in [6, 6.07) is 0. The molecule has 1 atom stereocenters. The third-order valence-corrected chi connectivity index (χ3v) is 4.91. The van der Waals surface area contributed by atoms with Gasteiger partial charge in [0, 0.05) is 19.2 Å². The van der Waals surface area contributed by atoms with Gasteiger partial charge in [0.1, 0.15) is 0 Å². The number of ether oxygens (including phenoxy) is 2. The Bertz CT molecular complexity index is 617. The van der Waals surface area contributed by atoms with Gasteiger partial charge in [-0.05, 0) is 24.7 Å². The van der Waals surface area contributed by atoms with Crippen molar-refractivity contribution in [2.24, 2.45) is 5.41 Å². The van der Waals surface area contributed by atoms with E-state index in [1.54, 1.807) is 0 Å². The molecule has 0 aliphatic heterocycles. The SMILES string of the molecule is CC(OC(=O)CC1(CC(=O)O)CCCC1)OC(=O)NCCCS(=O)(=O)[O-].[Na+]. The number of amides is 1. The summed E-state index contributed by atoms with van der Waals surface area (Å²) in [7, 11) is -4.34. The van der Waals surface area contributed by atoms with E-state index in [4.69, 9.17) is 14.6 Å². The van der Waals surface area contributed by atoms with Crippen molar-refractivity contribution in [2.75, 3.05) is 12.3 Å². The Balaban J connectivity index is 0.00000676. The van der Waals surface area contributed by atoms with Crippen molar-refractivity contribution in [1.82, 2.24) is 5.32 Å². The van der Waals surface area contributed by atoms with Crippen molar-refractivity contribution in [1.29, 1.82) is 0 Å². The van der Waals surface area contributed by atoms with Crippen LogP contribution in [-0.2, 0) is 29.2 Å². The van der Waals surface area contributed by atoms with Crippen molar-refractivity contribution in [2.45, 2.75) is 58.2 Å². The minimum Gasteiger partial charge on any atom is -0.748 e. The Morgan fingerprint density at radius 3 is 2.30 bits per heavy atom. The van der Waals surface area contributed by atoms with Gasteiger partial charge in [-0.2, -0.15) is 0 Å². The molecule has 1 aliphatic carbocycles. The molecule has 0 heterocycles. The minimum atomic E-state index is -4.34. The van der Waals surface area contributed by atoms with E-state index in [9.17, 15) is 27.4 Å². The van der Waals surface area contributed by atoms with Gasteiger partial charge in [0.05, 0.1) is 23.0 Å². The van der Waals surface area contributed by atoms with Crippen LogP contribution < -0.4 is 34.9 Å². The van der Waals surface area contributed by atoms with E-state index in [-0.39, 0.29) is 55.4 Å². The number of hydrogen-bond donors (Lipinski definition) is 2. The number of aliphatic carboxylic acids is 1. The zero-order valence-corrected chi connectivity index (χ0v) is 18.4. The maximum atomic E-state index is 12.0. The summed E-state index contributed by atoms with van der Waals surface area (Å²) in [4.78, 5) is 34.5. The molecule has 0 aromatic heterocycles. The third-order valence-electron chi connectivity index (χ3n) is 4.12. The van der Waals surface area contributed by atoms with Crippen molar-refractivity contribution in [3.8, 4) is 0 Å². The third kappa shape index (κ3) is 11.5. The first-order chi connectivity index (χ1) is 12.0. The predicted molar refractivity (Wildman–Crippen MR) is 87.0 cm³/mol. The Kier molecular flexibility index (Phi) is 11.5. The number of carbonyl (C=O) groups excluding carboxylic acids is 2. The van der Waals surface area contributed by atoms with Crippen LogP contribution in [-0.4, -0.2) is 54.7 Å². The van der Waals surface area contributed by atoms with Crippen LogP contribution in [0.3, 0.4) is 0 Å². The second-order valence-corrected chi connectivity index (χ2v) is 7.98. The molecule has 1 unspecified atom stereocenters. The summed E-state index contributed by atoms with van der Waals surface area (Å²) in [5, 5.41) is 11.3. The topological polar surface area (TPSA) is 159 Å². The van der Waals surface area contributed by atoms with E-state index in [1.165, 1.54) is 6.92 Å². The number of esters is 1. The smallest absolute Gasteiger partial charge is 0.748 e. The Morgan fingerprint density at radius 2 is 1.78 bits per heavy atom. The fraction of sp³-hybridized carbons (Fsp3) is 0.800. The van der Waals surface area contributed by atoms with Gasteiger partial charge in [-0.3, -0.25) is 9.59 Å². The zero-order chi connectivity index (χ0) is 19.8. The van der Waals surface area contributed by atoms with E-state index in [1.807, 2.05) is 0 Å². The zero-order valence-electron chi connectivity index (χ0n) is 15.6. The molecule has 1 rings (SSSR count). The van der Waals surface area contributed by atoms with Crippen LogP contribution in [0.15, 0.2) is 0 Å². The minimum absolute atomic E-state index is 0. The van der Waals surface area contributed by atoms with Crippen LogP contribution >= 0.6 is 0 Å². The van der Waals surface area contributed by atoms with Gasteiger partial charge in [0.25, 0.3) is 0 Å². The maximum Gasteiger partial charge on any atom is 1.00 e. The summed E-state index contributed by atoms with van der Waals surface area (Å²) >= 11 is 0. The van der Waals surface area contributed by atoms with Crippen LogP contribution in [0.5, 0.6) is 0 Å². The molecule has 1 saturated carbocycles. The largest absolute Gasteiger partial charge is 1.00 e. The molecule has 1 aliphatic rings. The van der Waals surface area contributed by atoms with Crippen LogP contribution in [0.4, 0.5) is 4.79 Å². The van der Waals surface area contributed by atoms with Crippen LogP contribution in [0.1, 0.15) is 51.9 Å². The van der Waals surface area contributed by atoms with Gasteiger partial charge >= 0.3 is 47.6 Å². The molecule has 150 valence electrons. The number of carboxylic acids is 1. The molecule has 27 heavy (non-hydrogen) atoms. The molecule has 1 amide bonds. The first kappa shape index (κ1) is 26.1. The van der Waals surface area contributed by atoms with Gasteiger partial charge < -0.3 is 24.4 Å². The Hall–Kier alpha value is -0.880. The Labute approximate surface area is 180 Å². The van der Waals surface area contributed by atoms with Gasteiger partial charge in [-0.1, -0.05) is 12.8 Å². The van der Waals surface area contributed by atoms with Crippen molar-refractivity contribution in [3.05, 3.63) is 0 Å². The van der Waals surface area contributed by atoms with Crippen molar-refractivity contribution in [3.63, 3.8) is 0 Å². The normalized spacial score (nSPS) is 16.7. The molecule has 0 saturated heterocycles. The second kappa shape index (κ2) is 11.8.